The second-order valence-electron chi connectivity index (χ2n) is 9.40. The Balaban J connectivity index is 1.40. The van der Waals surface area contributed by atoms with Crippen LogP contribution in [0.15, 0.2) is 0 Å². The van der Waals surface area contributed by atoms with Crippen molar-refractivity contribution in [3.05, 3.63) is 0 Å². The molecule has 4 aliphatic carbocycles. The van der Waals surface area contributed by atoms with Gasteiger partial charge < -0.3 is 9.64 Å². The number of amides is 1. The van der Waals surface area contributed by atoms with Crippen molar-refractivity contribution in [2.75, 3.05) is 6.61 Å². The number of halogens is 1. The van der Waals surface area contributed by atoms with Crippen LogP contribution in [0.1, 0.15) is 71.6 Å². The quantitative estimate of drug-likeness (QED) is 0.519. The molecule has 0 unspecified atom stereocenters. The first kappa shape index (κ1) is 17.8. The first-order valence-corrected chi connectivity index (χ1v) is 10.8. The van der Waals surface area contributed by atoms with Crippen LogP contribution in [-0.2, 0) is 14.3 Å². The van der Waals surface area contributed by atoms with Crippen LogP contribution in [-0.4, -0.2) is 39.8 Å². The topological polar surface area (TPSA) is 46.6 Å². The summed E-state index contributed by atoms with van der Waals surface area (Å²) >= 11 is 3.94. The molecule has 1 heterocycles. The van der Waals surface area contributed by atoms with Gasteiger partial charge in [-0.3, -0.25) is 9.59 Å². The second kappa shape index (κ2) is 6.24. The average Bonchev–Trinajstić information content (AvgIpc) is 2.50. The molecule has 1 amide bonds. The molecule has 5 rings (SSSR count). The van der Waals surface area contributed by atoms with Crippen LogP contribution in [0.3, 0.4) is 0 Å². The van der Waals surface area contributed by atoms with Crippen LogP contribution >= 0.6 is 15.9 Å². The van der Waals surface area contributed by atoms with Crippen molar-refractivity contribution in [2.24, 2.45) is 17.3 Å². The van der Waals surface area contributed by atoms with E-state index in [1.165, 1.54) is 25.7 Å². The molecule has 5 aliphatic rings. The van der Waals surface area contributed by atoms with Gasteiger partial charge in [0, 0.05) is 16.4 Å². The van der Waals surface area contributed by atoms with E-state index in [1.807, 2.05) is 4.90 Å². The van der Waals surface area contributed by atoms with Crippen LogP contribution in [0.25, 0.3) is 0 Å². The first-order valence-electron chi connectivity index (χ1n) is 9.98. The zero-order valence-electron chi connectivity index (χ0n) is 15.4. The monoisotopic (exact) mass is 411 g/mol. The highest BCUT2D eigenvalue weighted by atomic mass is 79.9. The third kappa shape index (κ3) is 3.15. The number of piperidine rings is 1. The van der Waals surface area contributed by atoms with Gasteiger partial charge in [0.05, 0.1) is 5.41 Å². The highest BCUT2D eigenvalue weighted by Crippen LogP contribution is 2.64. The summed E-state index contributed by atoms with van der Waals surface area (Å²) in [6, 6.07) is 0.501. The third-order valence-electron chi connectivity index (χ3n) is 7.23. The van der Waals surface area contributed by atoms with Gasteiger partial charge in [0.15, 0.2) is 6.61 Å². The van der Waals surface area contributed by atoms with Crippen molar-refractivity contribution in [2.45, 2.75) is 88.0 Å². The van der Waals surface area contributed by atoms with Crippen molar-refractivity contribution in [3.8, 4) is 0 Å². The predicted molar refractivity (Wildman–Crippen MR) is 99.4 cm³/mol. The van der Waals surface area contributed by atoms with E-state index < -0.39 is 0 Å². The fraction of sp³-hybridized carbons (Fsp3) is 0.900. The number of ether oxygens (including phenoxy) is 1. The van der Waals surface area contributed by atoms with Crippen molar-refractivity contribution in [1.82, 2.24) is 4.90 Å². The molecule has 1 saturated heterocycles. The van der Waals surface area contributed by atoms with E-state index in [1.54, 1.807) is 0 Å². The Hall–Kier alpha value is -0.580. The molecule has 25 heavy (non-hydrogen) atoms. The van der Waals surface area contributed by atoms with Gasteiger partial charge in [-0.15, -0.1) is 0 Å². The van der Waals surface area contributed by atoms with E-state index >= 15 is 0 Å². The number of hydrogen-bond acceptors (Lipinski definition) is 3. The molecule has 0 aromatic carbocycles. The molecule has 5 fully saturated rings. The summed E-state index contributed by atoms with van der Waals surface area (Å²) in [6.07, 6.45) is 9.72. The van der Waals surface area contributed by atoms with Crippen LogP contribution in [0.4, 0.5) is 0 Å². The molecule has 0 aromatic heterocycles. The lowest BCUT2D eigenvalue weighted by Crippen LogP contribution is -2.56. The van der Waals surface area contributed by atoms with Gasteiger partial charge >= 0.3 is 5.97 Å². The molecule has 1 aliphatic heterocycles. The third-order valence-corrected chi connectivity index (χ3v) is 8.16. The lowest BCUT2D eigenvalue weighted by molar-refractivity contribution is -0.173. The number of carbonyl (C=O) groups excluding carboxylic acids is 2. The summed E-state index contributed by atoms with van der Waals surface area (Å²) in [6.45, 7) is 4.12. The minimum Gasteiger partial charge on any atom is -0.455 e. The van der Waals surface area contributed by atoms with E-state index in [4.69, 9.17) is 4.74 Å². The minimum absolute atomic E-state index is 0.0219. The summed E-state index contributed by atoms with van der Waals surface area (Å²) in [5, 5.41) is 0. The Bertz CT molecular complexity index is 553. The van der Waals surface area contributed by atoms with E-state index in [2.05, 4.69) is 29.8 Å². The molecular formula is C20H30BrNO3. The highest BCUT2D eigenvalue weighted by Gasteiger charge is 2.60. The van der Waals surface area contributed by atoms with E-state index in [9.17, 15) is 9.59 Å². The van der Waals surface area contributed by atoms with E-state index in [0.29, 0.717) is 11.8 Å². The Labute approximate surface area is 159 Å². The minimum atomic E-state index is -0.340. The van der Waals surface area contributed by atoms with Gasteiger partial charge in [-0.2, -0.15) is 0 Å². The maximum absolute atomic E-state index is 13.0. The van der Waals surface area contributed by atoms with Crippen molar-refractivity contribution in [3.63, 3.8) is 0 Å². The smallest absolute Gasteiger partial charge is 0.312 e. The molecular weight excluding hydrogens is 382 g/mol. The molecule has 4 nitrogen and oxygen atoms in total. The Morgan fingerprint density at radius 1 is 1.08 bits per heavy atom. The molecule has 5 heteroatoms. The normalized spacial score (nSPS) is 45.5. The molecule has 140 valence electrons. The first-order chi connectivity index (χ1) is 11.8. The number of rotatable bonds is 3. The van der Waals surface area contributed by atoms with E-state index in [-0.39, 0.29) is 40.3 Å². The Kier molecular flexibility index (Phi) is 4.45. The highest BCUT2D eigenvalue weighted by molar-refractivity contribution is 9.10. The van der Waals surface area contributed by atoms with Gasteiger partial charge in [-0.25, -0.2) is 0 Å². The standard InChI is InChI=1S/C20H30BrNO3/c1-13-4-3-5-14(2)22(13)17(23)11-25-18(24)19-7-15-6-16(8-19)10-20(21,9-15)12-19/h13-16H,3-12H2,1-2H3/t13-,14-,15+,16+,19?,20?/m0/s1. The Morgan fingerprint density at radius 3 is 2.24 bits per heavy atom. The largest absolute Gasteiger partial charge is 0.455 e. The summed E-state index contributed by atoms with van der Waals surface area (Å²) in [4.78, 5) is 27.6. The number of esters is 1. The predicted octanol–water partition coefficient (Wildman–Crippen LogP) is 4.05. The number of nitrogens with zero attached hydrogens (tertiary/aromatic N) is 1. The summed E-state index contributed by atoms with van der Waals surface area (Å²) in [5.41, 5.74) is -0.340. The molecule has 0 aromatic rings. The molecule has 4 atom stereocenters. The van der Waals surface area contributed by atoms with Gasteiger partial charge in [0.2, 0.25) is 0 Å². The Morgan fingerprint density at radius 2 is 1.68 bits per heavy atom. The lowest BCUT2D eigenvalue weighted by Gasteiger charge is -2.58. The van der Waals surface area contributed by atoms with Crippen molar-refractivity contribution in [1.29, 1.82) is 0 Å². The average molecular weight is 412 g/mol. The summed E-state index contributed by atoms with van der Waals surface area (Å²) in [5.74, 6) is 1.15. The van der Waals surface area contributed by atoms with Crippen LogP contribution in [0, 0.1) is 17.3 Å². The maximum atomic E-state index is 13.0. The number of hydrogen-bond donors (Lipinski definition) is 0. The maximum Gasteiger partial charge on any atom is 0.312 e. The number of likely N-dealkylation sites (tertiary alicyclic amines) is 1. The summed E-state index contributed by atoms with van der Waals surface area (Å²) < 4.78 is 5.77. The molecule has 4 saturated carbocycles. The second-order valence-corrected chi connectivity index (χ2v) is 11.1. The van der Waals surface area contributed by atoms with Gasteiger partial charge in [-0.05, 0) is 83.5 Å². The van der Waals surface area contributed by atoms with Gasteiger partial charge in [0.1, 0.15) is 0 Å². The van der Waals surface area contributed by atoms with Gasteiger partial charge in [-0.1, -0.05) is 15.9 Å². The van der Waals surface area contributed by atoms with Gasteiger partial charge in [0.25, 0.3) is 5.91 Å². The number of carbonyl (C=O) groups is 2. The summed E-state index contributed by atoms with van der Waals surface area (Å²) in [7, 11) is 0. The fourth-order valence-corrected chi connectivity index (χ4v) is 8.11. The van der Waals surface area contributed by atoms with Crippen LogP contribution in [0.5, 0.6) is 0 Å². The fourth-order valence-electron chi connectivity index (χ4n) is 6.66. The molecule has 0 radical (unpaired) electrons. The zero-order chi connectivity index (χ0) is 17.8. The van der Waals surface area contributed by atoms with Crippen molar-refractivity contribution < 1.29 is 14.3 Å². The molecule has 0 N–H and O–H groups in total. The van der Waals surface area contributed by atoms with Crippen molar-refractivity contribution >= 4 is 27.8 Å². The van der Waals surface area contributed by atoms with E-state index in [0.717, 1.165) is 32.1 Å². The SMILES string of the molecule is C[C@H]1CCC[C@H](C)N1C(=O)COC(=O)C12C[C@H]3C[C@@H](CC(Br)(C3)C1)C2. The van der Waals surface area contributed by atoms with Crippen LogP contribution in [0.2, 0.25) is 0 Å². The lowest BCUT2D eigenvalue weighted by atomic mass is 9.49. The zero-order valence-corrected chi connectivity index (χ0v) is 17.0. The van der Waals surface area contributed by atoms with Crippen LogP contribution < -0.4 is 0 Å². The molecule has 0 spiro atoms. The molecule has 4 bridgehead atoms. The number of alkyl halides is 1.